The maximum Gasteiger partial charge on any atom is 0.240 e. The molecule has 1 unspecified atom stereocenters. The van der Waals surface area contributed by atoms with Gasteiger partial charge in [-0.05, 0) is 31.0 Å². The first kappa shape index (κ1) is 17.7. The fourth-order valence-corrected chi connectivity index (χ4v) is 3.34. The molecule has 5 heteroatoms. The SMILES string of the molecule is CCCC(CC)NS(=O)(=O)c1cccc(C#CCCO)c1. The molecule has 0 aliphatic carbocycles. The van der Waals surface area contributed by atoms with Crippen molar-refractivity contribution >= 4 is 10.0 Å². The molecule has 1 aromatic rings. The van der Waals surface area contributed by atoms with E-state index in [1.165, 1.54) is 0 Å². The number of aliphatic hydroxyl groups excluding tert-OH is 1. The lowest BCUT2D eigenvalue weighted by molar-refractivity contribution is 0.305. The fourth-order valence-electron chi connectivity index (χ4n) is 1.94. The van der Waals surface area contributed by atoms with Crippen LogP contribution in [-0.4, -0.2) is 26.2 Å². The zero-order chi connectivity index (χ0) is 15.7. The Balaban J connectivity index is 2.93. The van der Waals surface area contributed by atoms with Gasteiger partial charge in [0.25, 0.3) is 0 Å². The van der Waals surface area contributed by atoms with Crippen molar-refractivity contribution in [3.05, 3.63) is 29.8 Å². The lowest BCUT2D eigenvalue weighted by Crippen LogP contribution is -2.34. The normalized spacial score (nSPS) is 12.5. The van der Waals surface area contributed by atoms with Crippen LogP contribution in [0.4, 0.5) is 0 Å². The van der Waals surface area contributed by atoms with Crippen molar-refractivity contribution in [2.75, 3.05) is 6.61 Å². The van der Waals surface area contributed by atoms with E-state index in [9.17, 15) is 8.42 Å². The predicted molar refractivity (Wildman–Crippen MR) is 84.3 cm³/mol. The molecule has 0 radical (unpaired) electrons. The molecule has 1 aromatic carbocycles. The summed E-state index contributed by atoms with van der Waals surface area (Å²) in [5, 5.41) is 8.70. The summed E-state index contributed by atoms with van der Waals surface area (Å²) in [6, 6.07) is 6.53. The Labute approximate surface area is 127 Å². The van der Waals surface area contributed by atoms with E-state index < -0.39 is 10.0 Å². The van der Waals surface area contributed by atoms with Crippen LogP contribution in [0.1, 0.15) is 45.1 Å². The van der Waals surface area contributed by atoms with E-state index in [0.717, 1.165) is 19.3 Å². The molecular formula is C16H23NO3S. The first-order valence-corrected chi connectivity index (χ1v) is 8.74. The van der Waals surface area contributed by atoms with Crippen molar-refractivity contribution in [1.82, 2.24) is 4.72 Å². The van der Waals surface area contributed by atoms with Crippen molar-refractivity contribution in [1.29, 1.82) is 0 Å². The van der Waals surface area contributed by atoms with Gasteiger partial charge in [-0.3, -0.25) is 0 Å². The molecule has 0 bridgehead atoms. The van der Waals surface area contributed by atoms with Crippen molar-refractivity contribution in [3.8, 4) is 11.8 Å². The van der Waals surface area contributed by atoms with Crippen LogP contribution in [0.25, 0.3) is 0 Å². The summed E-state index contributed by atoms with van der Waals surface area (Å²) in [7, 11) is -3.51. The minimum atomic E-state index is -3.51. The summed E-state index contributed by atoms with van der Waals surface area (Å²) < 4.78 is 27.5. The summed E-state index contributed by atoms with van der Waals surface area (Å²) in [6.07, 6.45) is 2.91. The Kier molecular flexibility index (Phi) is 7.44. The molecule has 2 N–H and O–H groups in total. The second-order valence-corrected chi connectivity index (χ2v) is 6.53. The van der Waals surface area contributed by atoms with Crippen LogP contribution in [0.2, 0.25) is 0 Å². The van der Waals surface area contributed by atoms with Gasteiger partial charge in [-0.1, -0.05) is 38.2 Å². The molecule has 0 saturated heterocycles. The average molecular weight is 309 g/mol. The van der Waals surface area contributed by atoms with Gasteiger partial charge >= 0.3 is 0 Å². The van der Waals surface area contributed by atoms with Gasteiger partial charge in [0, 0.05) is 18.0 Å². The molecule has 116 valence electrons. The summed E-state index contributed by atoms with van der Waals surface area (Å²) in [4.78, 5) is 0.229. The van der Waals surface area contributed by atoms with E-state index in [-0.39, 0.29) is 17.5 Å². The molecule has 1 rings (SSSR count). The van der Waals surface area contributed by atoms with Crippen molar-refractivity contribution in [2.45, 2.75) is 50.5 Å². The number of rotatable bonds is 7. The number of hydrogen-bond acceptors (Lipinski definition) is 3. The highest BCUT2D eigenvalue weighted by Gasteiger charge is 2.18. The van der Waals surface area contributed by atoms with Gasteiger partial charge in [0.1, 0.15) is 0 Å². The third kappa shape index (κ3) is 5.88. The Morgan fingerprint density at radius 3 is 2.71 bits per heavy atom. The Hall–Kier alpha value is -1.35. The zero-order valence-corrected chi connectivity index (χ0v) is 13.4. The maximum atomic E-state index is 12.4. The monoisotopic (exact) mass is 309 g/mol. The largest absolute Gasteiger partial charge is 0.395 e. The van der Waals surface area contributed by atoms with Crippen molar-refractivity contribution in [3.63, 3.8) is 0 Å². The summed E-state index contributed by atoms with van der Waals surface area (Å²) in [6.45, 7) is 4.01. The van der Waals surface area contributed by atoms with E-state index in [1.807, 2.05) is 13.8 Å². The Morgan fingerprint density at radius 1 is 1.33 bits per heavy atom. The topological polar surface area (TPSA) is 66.4 Å². The van der Waals surface area contributed by atoms with Crippen LogP contribution in [0.15, 0.2) is 29.2 Å². The third-order valence-corrected chi connectivity index (χ3v) is 4.58. The van der Waals surface area contributed by atoms with Gasteiger partial charge in [-0.25, -0.2) is 13.1 Å². The van der Waals surface area contributed by atoms with Gasteiger partial charge < -0.3 is 5.11 Å². The molecule has 21 heavy (non-hydrogen) atoms. The molecule has 0 amide bonds. The zero-order valence-electron chi connectivity index (χ0n) is 12.6. The second-order valence-electron chi connectivity index (χ2n) is 4.82. The first-order chi connectivity index (χ1) is 10.0. The summed E-state index contributed by atoms with van der Waals surface area (Å²) in [5.74, 6) is 5.64. The molecule has 0 spiro atoms. The molecule has 0 aromatic heterocycles. The summed E-state index contributed by atoms with van der Waals surface area (Å²) >= 11 is 0. The van der Waals surface area contributed by atoms with Crippen molar-refractivity contribution in [2.24, 2.45) is 0 Å². The molecule has 0 fully saturated rings. The number of hydrogen-bond donors (Lipinski definition) is 2. The van der Waals surface area contributed by atoms with Crippen molar-refractivity contribution < 1.29 is 13.5 Å². The summed E-state index contributed by atoms with van der Waals surface area (Å²) in [5.41, 5.74) is 0.634. The van der Waals surface area contributed by atoms with Crippen LogP contribution < -0.4 is 4.72 Å². The molecule has 1 atom stereocenters. The lowest BCUT2D eigenvalue weighted by atomic mass is 10.1. The molecule has 0 aliphatic rings. The van der Waals surface area contributed by atoms with E-state index in [4.69, 9.17) is 5.11 Å². The molecule has 0 saturated carbocycles. The predicted octanol–water partition coefficient (Wildman–Crippen LogP) is 2.28. The van der Waals surface area contributed by atoms with E-state index in [0.29, 0.717) is 12.0 Å². The Bertz CT molecular complexity index is 599. The van der Waals surface area contributed by atoms with Crippen LogP contribution in [0, 0.1) is 11.8 Å². The highest BCUT2D eigenvalue weighted by atomic mass is 32.2. The first-order valence-electron chi connectivity index (χ1n) is 7.25. The maximum absolute atomic E-state index is 12.4. The van der Waals surface area contributed by atoms with E-state index in [1.54, 1.807) is 24.3 Å². The number of sulfonamides is 1. The lowest BCUT2D eigenvalue weighted by Gasteiger charge is -2.16. The molecule has 0 heterocycles. The molecule has 4 nitrogen and oxygen atoms in total. The highest BCUT2D eigenvalue weighted by Crippen LogP contribution is 2.13. The van der Waals surface area contributed by atoms with Gasteiger partial charge in [0.15, 0.2) is 0 Å². The van der Waals surface area contributed by atoms with Crippen LogP contribution in [0.5, 0.6) is 0 Å². The van der Waals surface area contributed by atoms with Gasteiger partial charge in [-0.15, -0.1) is 0 Å². The van der Waals surface area contributed by atoms with Crippen LogP contribution in [-0.2, 0) is 10.0 Å². The third-order valence-electron chi connectivity index (χ3n) is 3.07. The smallest absolute Gasteiger partial charge is 0.240 e. The highest BCUT2D eigenvalue weighted by molar-refractivity contribution is 7.89. The van der Waals surface area contributed by atoms with Crippen LogP contribution in [0.3, 0.4) is 0 Å². The van der Waals surface area contributed by atoms with Gasteiger partial charge in [0.2, 0.25) is 10.0 Å². The molecular weight excluding hydrogens is 286 g/mol. The molecule has 0 aliphatic heterocycles. The number of nitrogens with one attached hydrogen (secondary N) is 1. The van der Waals surface area contributed by atoms with E-state index >= 15 is 0 Å². The quantitative estimate of drug-likeness (QED) is 0.759. The Morgan fingerprint density at radius 2 is 2.10 bits per heavy atom. The van der Waals surface area contributed by atoms with Crippen LogP contribution >= 0.6 is 0 Å². The second kappa shape index (κ2) is 8.83. The fraction of sp³-hybridized carbons (Fsp3) is 0.500. The standard InChI is InChI=1S/C16H23NO3S/c1-3-8-15(4-2)17-21(19,20)16-11-7-10-14(13-16)9-5-6-12-18/h7,10-11,13,15,17-18H,3-4,6,8,12H2,1-2H3. The number of benzene rings is 1. The number of aliphatic hydroxyl groups is 1. The van der Waals surface area contributed by atoms with E-state index in [2.05, 4.69) is 16.6 Å². The van der Waals surface area contributed by atoms with Gasteiger partial charge in [0.05, 0.1) is 11.5 Å². The minimum absolute atomic E-state index is 0.00173. The van der Waals surface area contributed by atoms with Gasteiger partial charge in [-0.2, -0.15) is 0 Å². The average Bonchev–Trinajstić information content (AvgIpc) is 2.47. The minimum Gasteiger partial charge on any atom is -0.395 e.